The van der Waals surface area contributed by atoms with Crippen LogP contribution in [0.1, 0.15) is 25.3 Å². The zero-order valence-corrected chi connectivity index (χ0v) is 9.24. The summed E-state index contributed by atoms with van der Waals surface area (Å²) < 4.78 is 0. The van der Waals surface area contributed by atoms with Gasteiger partial charge >= 0.3 is 0 Å². The van der Waals surface area contributed by atoms with Crippen molar-refractivity contribution in [2.24, 2.45) is 0 Å². The summed E-state index contributed by atoms with van der Waals surface area (Å²) in [6.45, 7) is 3.28. The van der Waals surface area contributed by atoms with Crippen molar-refractivity contribution in [1.82, 2.24) is 5.48 Å². The predicted octanol–water partition coefficient (Wildman–Crippen LogP) is 2.48. The zero-order valence-electron chi connectivity index (χ0n) is 9.24. The van der Waals surface area contributed by atoms with Gasteiger partial charge in [-0.15, -0.1) is 4.99 Å². The molecule has 1 N–H and O–H groups in total. The van der Waals surface area contributed by atoms with Crippen LogP contribution in [0.2, 0.25) is 0 Å². The molecule has 0 saturated carbocycles. The molecule has 0 radical (unpaired) electrons. The summed E-state index contributed by atoms with van der Waals surface area (Å²) in [7, 11) is 0. The molecule has 1 aromatic carbocycles. The summed E-state index contributed by atoms with van der Waals surface area (Å²) in [5.74, 6) is 0. The van der Waals surface area contributed by atoms with Crippen LogP contribution in [0.15, 0.2) is 30.3 Å². The second-order valence-corrected chi connectivity index (χ2v) is 3.33. The first-order valence-corrected chi connectivity index (χ1v) is 5.48. The number of unbranched alkanes of at least 4 members (excludes halogenated alkanes) is 1. The Labute approximate surface area is 91.3 Å². The van der Waals surface area contributed by atoms with Crippen LogP contribution in [0, 0.1) is 0 Å². The average Bonchev–Trinajstić information content (AvgIpc) is 2.29. The fourth-order valence-electron chi connectivity index (χ4n) is 1.31. The topological polar surface area (TPSA) is 30.5 Å². The van der Waals surface area contributed by atoms with Gasteiger partial charge in [-0.1, -0.05) is 30.3 Å². The Hall–Kier alpha value is -0.900. The normalized spacial score (nSPS) is 10.5. The molecule has 0 bridgehead atoms. The molecule has 0 amide bonds. The molecule has 15 heavy (non-hydrogen) atoms. The monoisotopic (exact) mass is 209 g/mol. The molecule has 0 aliphatic heterocycles. The van der Waals surface area contributed by atoms with Gasteiger partial charge in [-0.3, -0.25) is 0 Å². The summed E-state index contributed by atoms with van der Waals surface area (Å²) in [6, 6.07) is 10.5. The SMILES string of the molecule is CCOONCCCCc1ccccc1. The molecule has 1 aromatic rings. The van der Waals surface area contributed by atoms with Gasteiger partial charge in [0.2, 0.25) is 0 Å². The van der Waals surface area contributed by atoms with Crippen molar-refractivity contribution in [3.05, 3.63) is 35.9 Å². The van der Waals surface area contributed by atoms with Crippen molar-refractivity contribution in [2.75, 3.05) is 13.2 Å². The maximum atomic E-state index is 4.69. The first-order valence-electron chi connectivity index (χ1n) is 5.48. The molecule has 0 heterocycles. The van der Waals surface area contributed by atoms with Gasteiger partial charge in [-0.25, -0.2) is 4.89 Å². The van der Waals surface area contributed by atoms with Crippen molar-refractivity contribution in [3.8, 4) is 0 Å². The van der Waals surface area contributed by atoms with Gasteiger partial charge in [0.15, 0.2) is 0 Å². The van der Waals surface area contributed by atoms with E-state index >= 15 is 0 Å². The van der Waals surface area contributed by atoms with Crippen molar-refractivity contribution in [2.45, 2.75) is 26.2 Å². The average molecular weight is 209 g/mol. The van der Waals surface area contributed by atoms with Gasteiger partial charge in [0, 0.05) is 6.54 Å². The molecule has 0 atom stereocenters. The molecule has 3 heteroatoms. The number of hydrogen-bond donors (Lipinski definition) is 1. The van der Waals surface area contributed by atoms with E-state index in [4.69, 9.17) is 0 Å². The largest absolute Gasteiger partial charge is 0.218 e. The van der Waals surface area contributed by atoms with E-state index in [1.807, 2.05) is 13.0 Å². The van der Waals surface area contributed by atoms with Gasteiger partial charge < -0.3 is 0 Å². The molecule has 0 aliphatic carbocycles. The molecule has 0 spiro atoms. The first kappa shape index (κ1) is 12.2. The predicted molar refractivity (Wildman–Crippen MR) is 60.1 cm³/mol. The van der Waals surface area contributed by atoms with Crippen LogP contribution >= 0.6 is 0 Å². The Morgan fingerprint density at radius 3 is 2.67 bits per heavy atom. The van der Waals surface area contributed by atoms with Crippen LogP contribution < -0.4 is 5.48 Å². The third kappa shape index (κ3) is 6.23. The Morgan fingerprint density at radius 2 is 1.93 bits per heavy atom. The maximum Gasteiger partial charge on any atom is 0.0814 e. The Bertz CT molecular complexity index is 239. The quantitative estimate of drug-likeness (QED) is 0.405. The van der Waals surface area contributed by atoms with Gasteiger partial charge in [-0.2, -0.15) is 5.48 Å². The summed E-state index contributed by atoms with van der Waals surface area (Å²) in [6.07, 6.45) is 3.37. The molecular weight excluding hydrogens is 190 g/mol. The maximum absolute atomic E-state index is 4.69. The van der Waals surface area contributed by atoms with E-state index in [9.17, 15) is 0 Å². The highest BCUT2D eigenvalue weighted by atomic mass is 17.3. The molecule has 0 saturated heterocycles. The number of hydrogen-bond acceptors (Lipinski definition) is 3. The van der Waals surface area contributed by atoms with Crippen LogP contribution in [0.3, 0.4) is 0 Å². The van der Waals surface area contributed by atoms with Gasteiger partial charge in [0.25, 0.3) is 0 Å². The van der Waals surface area contributed by atoms with E-state index in [1.165, 1.54) is 5.56 Å². The third-order valence-corrected chi connectivity index (χ3v) is 2.07. The standard InChI is InChI=1S/C12H19NO2/c1-2-14-15-13-11-7-6-10-12-8-4-3-5-9-12/h3-5,8-9,13H,2,6-7,10-11H2,1H3. The Morgan fingerprint density at radius 1 is 1.13 bits per heavy atom. The lowest BCUT2D eigenvalue weighted by Crippen LogP contribution is -2.16. The highest BCUT2D eigenvalue weighted by molar-refractivity contribution is 5.14. The van der Waals surface area contributed by atoms with Crippen LogP contribution in [0.4, 0.5) is 0 Å². The van der Waals surface area contributed by atoms with Crippen LogP contribution in [0.5, 0.6) is 0 Å². The minimum atomic E-state index is 0.566. The van der Waals surface area contributed by atoms with Crippen LogP contribution in [0.25, 0.3) is 0 Å². The second-order valence-electron chi connectivity index (χ2n) is 3.33. The number of nitrogens with one attached hydrogen (secondary N) is 1. The zero-order chi connectivity index (χ0) is 10.8. The number of aryl methyl sites for hydroxylation is 1. The minimum absolute atomic E-state index is 0.566. The fourth-order valence-corrected chi connectivity index (χ4v) is 1.31. The second kappa shape index (κ2) is 8.41. The molecule has 0 aliphatic rings. The minimum Gasteiger partial charge on any atom is -0.218 e. The van der Waals surface area contributed by atoms with Crippen molar-refractivity contribution >= 4 is 0 Å². The van der Waals surface area contributed by atoms with Crippen molar-refractivity contribution < 1.29 is 9.88 Å². The van der Waals surface area contributed by atoms with E-state index in [2.05, 4.69) is 39.6 Å². The van der Waals surface area contributed by atoms with E-state index in [0.29, 0.717) is 6.61 Å². The summed E-state index contributed by atoms with van der Waals surface area (Å²) >= 11 is 0. The molecule has 0 aromatic heterocycles. The lowest BCUT2D eigenvalue weighted by molar-refractivity contribution is -0.333. The van der Waals surface area contributed by atoms with Gasteiger partial charge in [0.05, 0.1) is 6.61 Å². The smallest absolute Gasteiger partial charge is 0.0814 e. The van der Waals surface area contributed by atoms with Crippen molar-refractivity contribution in [3.63, 3.8) is 0 Å². The molecule has 0 unspecified atom stereocenters. The summed E-state index contributed by atoms with van der Waals surface area (Å²) in [4.78, 5) is 9.37. The first-order chi connectivity index (χ1) is 7.43. The molecule has 1 rings (SSSR count). The summed E-state index contributed by atoms with van der Waals surface area (Å²) in [5.41, 5.74) is 4.14. The molecular formula is C12H19NO2. The lowest BCUT2D eigenvalue weighted by atomic mass is 10.1. The Balaban J connectivity index is 1.93. The molecule has 0 fully saturated rings. The third-order valence-electron chi connectivity index (χ3n) is 2.07. The van der Waals surface area contributed by atoms with E-state index in [-0.39, 0.29) is 0 Å². The van der Waals surface area contributed by atoms with E-state index in [0.717, 1.165) is 25.8 Å². The fraction of sp³-hybridized carbons (Fsp3) is 0.500. The van der Waals surface area contributed by atoms with E-state index < -0.39 is 0 Å². The highest BCUT2D eigenvalue weighted by Gasteiger charge is 1.92. The number of rotatable bonds is 8. The van der Waals surface area contributed by atoms with Gasteiger partial charge in [0.1, 0.15) is 0 Å². The Kier molecular flexibility index (Phi) is 6.83. The molecule has 3 nitrogen and oxygen atoms in total. The highest BCUT2D eigenvalue weighted by Crippen LogP contribution is 2.03. The van der Waals surface area contributed by atoms with E-state index in [1.54, 1.807) is 0 Å². The number of hydroxylamine groups is 1. The summed E-state index contributed by atoms with van der Waals surface area (Å²) in [5, 5.41) is 0. The van der Waals surface area contributed by atoms with Crippen molar-refractivity contribution in [1.29, 1.82) is 0 Å². The number of benzene rings is 1. The lowest BCUT2D eigenvalue weighted by Gasteiger charge is -2.03. The molecule has 84 valence electrons. The van der Waals surface area contributed by atoms with Crippen LogP contribution in [-0.4, -0.2) is 13.2 Å². The van der Waals surface area contributed by atoms with Crippen LogP contribution in [-0.2, 0) is 16.3 Å². The van der Waals surface area contributed by atoms with Gasteiger partial charge in [-0.05, 0) is 31.7 Å².